The molecule has 0 aliphatic heterocycles. The molecular weight excluding hydrogens is 304 g/mol. The summed E-state index contributed by atoms with van der Waals surface area (Å²) < 4.78 is 5.05. The number of aliphatic hydroxyl groups excluding tert-OH is 1. The van der Waals surface area contributed by atoms with Crippen molar-refractivity contribution in [3.05, 3.63) is 32.8 Å². The van der Waals surface area contributed by atoms with Gasteiger partial charge in [0.1, 0.15) is 0 Å². The highest BCUT2D eigenvalue weighted by Gasteiger charge is 2.19. The number of aliphatic hydroxyl groups is 1. The van der Waals surface area contributed by atoms with Gasteiger partial charge in [0.2, 0.25) is 0 Å². The van der Waals surface area contributed by atoms with E-state index >= 15 is 0 Å². The van der Waals surface area contributed by atoms with E-state index in [2.05, 4.69) is 5.32 Å². The third-order valence-corrected chi connectivity index (χ3v) is 2.82. The molecule has 0 amide bonds. The van der Waals surface area contributed by atoms with Crippen LogP contribution in [0.5, 0.6) is 0 Å². The van der Waals surface area contributed by atoms with Gasteiger partial charge in [0, 0.05) is 25.3 Å². The number of non-ortho nitro benzene ring substituents is 1. The molecule has 21 heavy (non-hydrogen) atoms. The molecule has 0 atom stereocenters. The van der Waals surface area contributed by atoms with Crippen LogP contribution >= 0.6 is 11.6 Å². The Hall–Kier alpha value is -1.90. The lowest BCUT2D eigenvalue weighted by atomic mass is 10.1. The van der Waals surface area contributed by atoms with Crippen molar-refractivity contribution in [2.45, 2.75) is 6.42 Å². The summed E-state index contributed by atoms with van der Waals surface area (Å²) in [5, 5.41) is 31.1. The van der Waals surface area contributed by atoms with Crippen LogP contribution in [0.3, 0.4) is 0 Å². The molecule has 0 saturated carbocycles. The summed E-state index contributed by atoms with van der Waals surface area (Å²) in [6, 6.07) is 2.05. The summed E-state index contributed by atoms with van der Waals surface area (Å²) in [4.78, 5) is 21.1. The molecule has 9 heteroatoms. The van der Waals surface area contributed by atoms with E-state index in [1.165, 1.54) is 0 Å². The van der Waals surface area contributed by atoms with Gasteiger partial charge in [0.25, 0.3) is 5.69 Å². The minimum atomic E-state index is -1.31. The SMILES string of the molecule is O=C(O)c1cc([N+](=O)[O-])cc(Cl)c1NCCCOCCO. The smallest absolute Gasteiger partial charge is 0.338 e. The van der Waals surface area contributed by atoms with Crippen molar-refractivity contribution in [3.63, 3.8) is 0 Å². The summed E-state index contributed by atoms with van der Waals surface area (Å²) in [5.41, 5.74) is -0.503. The van der Waals surface area contributed by atoms with Crippen LogP contribution in [-0.2, 0) is 4.74 Å². The normalized spacial score (nSPS) is 10.4. The number of halogens is 1. The quantitative estimate of drug-likeness (QED) is 0.360. The average molecular weight is 319 g/mol. The van der Waals surface area contributed by atoms with Crippen LogP contribution in [0.25, 0.3) is 0 Å². The number of nitro groups is 1. The largest absolute Gasteiger partial charge is 0.478 e. The third kappa shape index (κ3) is 5.18. The first-order valence-electron chi connectivity index (χ1n) is 6.11. The van der Waals surface area contributed by atoms with Crippen LogP contribution in [0.4, 0.5) is 11.4 Å². The van der Waals surface area contributed by atoms with E-state index in [0.717, 1.165) is 12.1 Å². The number of carbonyl (C=O) groups is 1. The van der Waals surface area contributed by atoms with Crippen molar-refractivity contribution in [1.29, 1.82) is 0 Å². The highest BCUT2D eigenvalue weighted by atomic mass is 35.5. The van der Waals surface area contributed by atoms with Crippen molar-refractivity contribution in [2.24, 2.45) is 0 Å². The number of hydrogen-bond acceptors (Lipinski definition) is 6. The molecule has 116 valence electrons. The average Bonchev–Trinajstić information content (AvgIpc) is 2.43. The van der Waals surface area contributed by atoms with E-state index in [1.807, 2.05) is 0 Å². The number of rotatable bonds is 9. The number of nitrogens with zero attached hydrogens (tertiary/aromatic N) is 1. The molecule has 1 aromatic carbocycles. The number of ether oxygens (including phenoxy) is 1. The number of nitro benzene ring substituents is 1. The predicted molar refractivity (Wildman–Crippen MR) is 76.1 cm³/mol. The second-order valence-electron chi connectivity index (χ2n) is 4.03. The zero-order valence-corrected chi connectivity index (χ0v) is 11.8. The number of carboxylic acids is 1. The Kier molecular flexibility index (Phi) is 6.86. The maximum atomic E-state index is 11.1. The first kappa shape index (κ1) is 17.2. The highest BCUT2D eigenvalue weighted by molar-refractivity contribution is 6.34. The standard InChI is InChI=1S/C12H15ClN2O6/c13-10-7-8(15(19)20)6-9(12(17)18)11(10)14-2-1-4-21-5-3-16/h6-7,14,16H,1-5H2,(H,17,18). The van der Waals surface area contributed by atoms with Crippen LogP contribution in [0.1, 0.15) is 16.8 Å². The summed E-state index contributed by atoms with van der Waals surface area (Å²) in [6.07, 6.45) is 0.562. The maximum absolute atomic E-state index is 11.1. The minimum absolute atomic E-state index is 0.0297. The molecule has 0 unspecified atom stereocenters. The van der Waals surface area contributed by atoms with Gasteiger partial charge in [-0.15, -0.1) is 0 Å². The van der Waals surface area contributed by atoms with Gasteiger partial charge in [-0.25, -0.2) is 4.79 Å². The van der Waals surface area contributed by atoms with Crippen molar-refractivity contribution < 1.29 is 24.7 Å². The summed E-state index contributed by atoms with van der Waals surface area (Å²) in [6.45, 7) is 0.938. The minimum Gasteiger partial charge on any atom is -0.478 e. The Balaban J connectivity index is 2.76. The van der Waals surface area contributed by atoms with Gasteiger partial charge in [-0.3, -0.25) is 10.1 Å². The lowest BCUT2D eigenvalue weighted by Crippen LogP contribution is -2.11. The van der Waals surface area contributed by atoms with Gasteiger partial charge in [0.05, 0.1) is 34.4 Å². The van der Waals surface area contributed by atoms with Crippen molar-refractivity contribution in [3.8, 4) is 0 Å². The second-order valence-corrected chi connectivity index (χ2v) is 4.44. The molecule has 0 bridgehead atoms. The lowest BCUT2D eigenvalue weighted by molar-refractivity contribution is -0.384. The van der Waals surface area contributed by atoms with E-state index in [9.17, 15) is 14.9 Å². The van der Waals surface area contributed by atoms with Crippen LogP contribution < -0.4 is 5.32 Å². The molecule has 3 N–H and O–H groups in total. The molecule has 1 aromatic rings. The van der Waals surface area contributed by atoms with E-state index in [1.54, 1.807) is 0 Å². The molecule has 0 spiro atoms. The molecule has 0 aliphatic rings. The molecule has 1 rings (SSSR count). The summed E-state index contributed by atoms with van der Waals surface area (Å²) >= 11 is 5.89. The van der Waals surface area contributed by atoms with Gasteiger partial charge in [-0.2, -0.15) is 0 Å². The molecule has 8 nitrogen and oxygen atoms in total. The zero-order chi connectivity index (χ0) is 15.8. The monoisotopic (exact) mass is 318 g/mol. The number of anilines is 1. The van der Waals surface area contributed by atoms with E-state index in [0.29, 0.717) is 19.6 Å². The van der Waals surface area contributed by atoms with Crippen LogP contribution in [0.15, 0.2) is 12.1 Å². The van der Waals surface area contributed by atoms with Crippen LogP contribution in [0, 0.1) is 10.1 Å². The summed E-state index contributed by atoms with van der Waals surface area (Å²) in [5.74, 6) is -1.31. The number of hydrogen-bond donors (Lipinski definition) is 3. The fraction of sp³-hybridized carbons (Fsp3) is 0.417. The Morgan fingerprint density at radius 2 is 2.14 bits per heavy atom. The predicted octanol–water partition coefficient (Wildman–Crippen LogP) is 1.76. The van der Waals surface area contributed by atoms with Crippen molar-refractivity contribution in [2.75, 3.05) is 31.7 Å². The third-order valence-electron chi connectivity index (χ3n) is 2.52. The first-order valence-corrected chi connectivity index (χ1v) is 6.49. The number of aromatic carboxylic acids is 1. The lowest BCUT2D eigenvalue weighted by Gasteiger charge is -2.11. The number of carboxylic acid groups (broad SMARTS) is 1. The molecule has 0 radical (unpaired) electrons. The number of nitrogens with one attached hydrogen (secondary N) is 1. The van der Waals surface area contributed by atoms with E-state index < -0.39 is 10.9 Å². The van der Waals surface area contributed by atoms with E-state index in [4.69, 9.17) is 26.6 Å². The fourth-order valence-corrected chi connectivity index (χ4v) is 1.88. The van der Waals surface area contributed by atoms with E-state index in [-0.39, 0.29) is 35.2 Å². The Bertz CT molecular complexity index is 523. The van der Waals surface area contributed by atoms with Gasteiger partial charge in [-0.1, -0.05) is 11.6 Å². The van der Waals surface area contributed by atoms with Gasteiger partial charge >= 0.3 is 5.97 Å². The van der Waals surface area contributed by atoms with Gasteiger partial charge in [0.15, 0.2) is 0 Å². The fourth-order valence-electron chi connectivity index (χ4n) is 1.60. The zero-order valence-electron chi connectivity index (χ0n) is 11.0. The van der Waals surface area contributed by atoms with Gasteiger partial charge < -0.3 is 20.3 Å². The molecule has 0 aromatic heterocycles. The summed E-state index contributed by atoms with van der Waals surface area (Å²) in [7, 11) is 0. The number of benzene rings is 1. The second kappa shape index (κ2) is 8.40. The van der Waals surface area contributed by atoms with Crippen molar-refractivity contribution >= 4 is 28.9 Å². The first-order chi connectivity index (χ1) is 9.97. The Morgan fingerprint density at radius 1 is 1.43 bits per heavy atom. The molecule has 0 heterocycles. The Morgan fingerprint density at radius 3 is 2.71 bits per heavy atom. The maximum Gasteiger partial charge on any atom is 0.338 e. The van der Waals surface area contributed by atoms with Crippen LogP contribution in [-0.4, -0.2) is 47.5 Å². The topological polar surface area (TPSA) is 122 Å². The molecule has 0 aliphatic carbocycles. The van der Waals surface area contributed by atoms with Crippen LogP contribution in [0.2, 0.25) is 5.02 Å². The van der Waals surface area contributed by atoms with Crippen molar-refractivity contribution in [1.82, 2.24) is 0 Å². The molecule has 0 fully saturated rings. The molecular formula is C12H15ClN2O6. The molecule has 0 saturated heterocycles. The Labute approximate surface area is 125 Å². The van der Waals surface area contributed by atoms with Gasteiger partial charge in [-0.05, 0) is 6.42 Å². The highest BCUT2D eigenvalue weighted by Crippen LogP contribution is 2.31.